The number of nitrogens with zero attached hydrogens (tertiary/aromatic N) is 1. The molecule has 0 unspecified atom stereocenters. The van der Waals surface area contributed by atoms with Crippen molar-refractivity contribution in [2.24, 2.45) is 5.41 Å². The van der Waals surface area contributed by atoms with Crippen LogP contribution in [0.15, 0.2) is 22.7 Å². The Kier molecular flexibility index (Phi) is 6.22. The van der Waals surface area contributed by atoms with Crippen LogP contribution >= 0.6 is 15.9 Å². The average Bonchev–Trinajstić information content (AvgIpc) is 2.43. The summed E-state index contributed by atoms with van der Waals surface area (Å²) in [6.45, 7) is 5.96. The van der Waals surface area contributed by atoms with Crippen LogP contribution in [0.2, 0.25) is 0 Å². The van der Waals surface area contributed by atoms with E-state index in [2.05, 4.69) is 27.3 Å². The summed E-state index contributed by atoms with van der Waals surface area (Å²) in [5.41, 5.74) is 0.852. The number of anilines is 1. The van der Waals surface area contributed by atoms with Crippen molar-refractivity contribution < 1.29 is 4.79 Å². The number of amides is 1. The molecule has 0 heterocycles. The largest absolute Gasteiger partial charge is 0.324 e. The van der Waals surface area contributed by atoms with Gasteiger partial charge in [-0.05, 0) is 47.3 Å². The van der Waals surface area contributed by atoms with E-state index in [9.17, 15) is 10.1 Å². The van der Waals surface area contributed by atoms with Gasteiger partial charge in [-0.3, -0.25) is 4.79 Å². The topological polar surface area (TPSA) is 52.9 Å². The van der Waals surface area contributed by atoms with Gasteiger partial charge in [-0.15, -0.1) is 0 Å². The smallest absolute Gasteiger partial charge is 0.244 e. The maximum Gasteiger partial charge on any atom is 0.244 e. The Bertz CT molecular complexity index is 514. The molecule has 0 aromatic heterocycles. The van der Waals surface area contributed by atoms with E-state index in [1.807, 2.05) is 39.0 Å². The number of hydrogen-bond donors (Lipinski definition) is 1. The maximum absolute atomic E-state index is 12.6. The van der Waals surface area contributed by atoms with Crippen molar-refractivity contribution in [3.8, 4) is 6.07 Å². The molecule has 0 saturated heterocycles. The molecule has 0 bridgehead atoms. The molecule has 1 N–H and O–H groups in total. The SMILES string of the molecule is CCCC(C#N)(CCC)C(=O)Nc1cccc(C)c1Br. The Balaban J connectivity index is 3.02. The molecular formula is C16H21BrN2O. The quantitative estimate of drug-likeness (QED) is 0.810. The van der Waals surface area contributed by atoms with E-state index >= 15 is 0 Å². The molecule has 0 spiro atoms. The zero-order valence-corrected chi connectivity index (χ0v) is 13.9. The summed E-state index contributed by atoms with van der Waals surface area (Å²) >= 11 is 3.48. The van der Waals surface area contributed by atoms with E-state index in [1.54, 1.807) is 0 Å². The van der Waals surface area contributed by atoms with E-state index in [4.69, 9.17) is 0 Å². The molecule has 1 aromatic carbocycles. The van der Waals surface area contributed by atoms with Crippen molar-refractivity contribution >= 4 is 27.5 Å². The van der Waals surface area contributed by atoms with Crippen LogP contribution in [0, 0.1) is 23.7 Å². The van der Waals surface area contributed by atoms with E-state index in [0.717, 1.165) is 28.6 Å². The fourth-order valence-corrected chi connectivity index (χ4v) is 2.72. The summed E-state index contributed by atoms with van der Waals surface area (Å²) < 4.78 is 0.869. The van der Waals surface area contributed by atoms with Gasteiger partial charge in [0.2, 0.25) is 5.91 Å². The van der Waals surface area contributed by atoms with Gasteiger partial charge in [0.1, 0.15) is 5.41 Å². The summed E-state index contributed by atoms with van der Waals surface area (Å²) in [5, 5.41) is 12.4. The van der Waals surface area contributed by atoms with Gasteiger partial charge in [-0.25, -0.2) is 0 Å². The zero-order valence-electron chi connectivity index (χ0n) is 12.3. The standard InChI is InChI=1S/C16H21BrN2O/c1-4-9-16(11-18,10-5-2)15(20)19-13-8-6-7-12(3)14(13)17/h6-8H,4-5,9-10H2,1-3H3,(H,19,20). The lowest BCUT2D eigenvalue weighted by Gasteiger charge is -2.25. The van der Waals surface area contributed by atoms with Crippen molar-refractivity contribution in [1.82, 2.24) is 0 Å². The Labute approximate surface area is 129 Å². The number of carbonyl (C=O) groups is 1. The molecule has 1 aromatic rings. The molecule has 3 nitrogen and oxygen atoms in total. The highest BCUT2D eigenvalue weighted by molar-refractivity contribution is 9.10. The van der Waals surface area contributed by atoms with E-state index in [-0.39, 0.29) is 5.91 Å². The van der Waals surface area contributed by atoms with E-state index in [1.165, 1.54) is 0 Å². The highest BCUT2D eigenvalue weighted by atomic mass is 79.9. The van der Waals surface area contributed by atoms with Gasteiger partial charge in [-0.1, -0.05) is 38.8 Å². The second-order valence-corrected chi connectivity index (χ2v) is 5.88. The lowest BCUT2D eigenvalue weighted by atomic mass is 9.79. The first-order valence-electron chi connectivity index (χ1n) is 6.98. The van der Waals surface area contributed by atoms with Crippen LogP contribution < -0.4 is 5.32 Å². The molecule has 0 saturated carbocycles. The number of halogens is 1. The lowest BCUT2D eigenvalue weighted by molar-refractivity contribution is -0.123. The summed E-state index contributed by atoms with van der Waals surface area (Å²) in [6.07, 6.45) is 2.81. The Morgan fingerprint density at radius 1 is 1.35 bits per heavy atom. The van der Waals surface area contributed by atoms with Gasteiger partial charge in [0.05, 0.1) is 11.8 Å². The molecule has 0 aliphatic rings. The second-order valence-electron chi connectivity index (χ2n) is 5.08. The van der Waals surface area contributed by atoms with Gasteiger partial charge in [0.25, 0.3) is 0 Å². The molecule has 0 aliphatic carbocycles. The molecule has 0 radical (unpaired) electrons. The minimum atomic E-state index is -0.924. The van der Waals surface area contributed by atoms with Gasteiger partial charge in [0, 0.05) is 4.47 Å². The van der Waals surface area contributed by atoms with Crippen molar-refractivity contribution in [2.45, 2.75) is 46.5 Å². The lowest BCUT2D eigenvalue weighted by Crippen LogP contribution is -2.35. The third-order valence-corrected chi connectivity index (χ3v) is 4.49. The van der Waals surface area contributed by atoms with Crippen LogP contribution in [-0.2, 0) is 4.79 Å². The minimum Gasteiger partial charge on any atom is -0.324 e. The van der Waals surface area contributed by atoms with Crippen LogP contribution in [0.3, 0.4) is 0 Å². The van der Waals surface area contributed by atoms with E-state index in [0.29, 0.717) is 12.8 Å². The highest BCUT2D eigenvalue weighted by Crippen LogP contribution is 2.33. The molecule has 0 atom stereocenters. The summed E-state index contributed by atoms with van der Waals surface area (Å²) in [6, 6.07) is 7.95. The number of aryl methyl sites for hydroxylation is 1. The predicted octanol–water partition coefficient (Wildman–Crippen LogP) is 4.81. The monoisotopic (exact) mass is 336 g/mol. The van der Waals surface area contributed by atoms with Crippen LogP contribution in [0.4, 0.5) is 5.69 Å². The average molecular weight is 337 g/mol. The van der Waals surface area contributed by atoms with Gasteiger partial charge < -0.3 is 5.32 Å². The summed E-state index contributed by atoms with van der Waals surface area (Å²) in [5.74, 6) is -0.199. The molecule has 1 rings (SSSR count). The van der Waals surface area contributed by atoms with Crippen LogP contribution in [-0.4, -0.2) is 5.91 Å². The fraction of sp³-hybridized carbons (Fsp3) is 0.500. The first-order valence-corrected chi connectivity index (χ1v) is 7.78. The number of hydrogen-bond acceptors (Lipinski definition) is 2. The number of benzene rings is 1. The molecule has 20 heavy (non-hydrogen) atoms. The number of nitrogens with one attached hydrogen (secondary N) is 1. The summed E-state index contributed by atoms with van der Waals surface area (Å²) in [7, 11) is 0. The Hall–Kier alpha value is -1.34. The van der Waals surface area contributed by atoms with Gasteiger partial charge in [0.15, 0.2) is 0 Å². The summed E-state index contributed by atoms with van der Waals surface area (Å²) in [4.78, 5) is 12.6. The third kappa shape index (κ3) is 3.61. The van der Waals surface area contributed by atoms with Crippen LogP contribution in [0.5, 0.6) is 0 Å². The molecule has 1 amide bonds. The molecule has 0 aliphatic heterocycles. The Morgan fingerprint density at radius 3 is 2.45 bits per heavy atom. The highest BCUT2D eigenvalue weighted by Gasteiger charge is 2.37. The van der Waals surface area contributed by atoms with E-state index < -0.39 is 5.41 Å². The molecular weight excluding hydrogens is 316 g/mol. The number of carbonyl (C=O) groups excluding carboxylic acids is 1. The van der Waals surface area contributed by atoms with Crippen molar-refractivity contribution in [2.75, 3.05) is 5.32 Å². The fourth-order valence-electron chi connectivity index (χ4n) is 2.35. The van der Waals surface area contributed by atoms with Crippen LogP contribution in [0.1, 0.15) is 45.1 Å². The molecule has 0 fully saturated rings. The second kappa shape index (κ2) is 7.44. The normalized spacial score (nSPS) is 10.9. The van der Waals surface area contributed by atoms with Crippen molar-refractivity contribution in [3.05, 3.63) is 28.2 Å². The first kappa shape index (κ1) is 16.7. The predicted molar refractivity (Wildman–Crippen MR) is 85.4 cm³/mol. The third-order valence-electron chi connectivity index (χ3n) is 3.44. The number of nitriles is 1. The van der Waals surface area contributed by atoms with Gasteiger partial charge in [-0.2, -0.15) is 5.26 Å². The van der Waals surface area contributed by atoms with Gasteiger partial charge >= 0.3 is 0 Å². The molecule has 4 heteroatoms. The first-order chi connectivity index (χ1) is 9.50. The minimum absolute atomic E-state index is 0.199. The number of rotatable bonds is 6. The zero-order chi connectivity index (χ0) is 15.2. The van der Waals surface area contributed by atoms with Crippen molar-refractivity contribution in [3.63, 3.8) is 0 Å². The van der Waals surface area contributed by atoms with Crippen molar-refractivity contribution in [1.29, 1.82) is 5.26 Å². The molecule has 108 valence electrons. The maximum atomic E-state index is 12.6. The van der Waals surface area contributed by atoms with Crippen LogP contribution in [0.25, 0.3) is 0 Å². The Morgan fingerprint density at radius 2 is 1.95 bits per heavy atom.